The predicted molar refractivity (Wildman–Crippen MR) is 94.2 cm³/mol. The van der Waals surface area contributed by atoms with Gasteiger partial charge in [-0.05, 0) is 48.5 Å². The first-order valence-electron chi connectivity index (χ1n) is 7.60. The first-order valence-corrected chi connectivity index (χ1v) is 7.60. The lowest BCUT2D eigenvalue weighted by atomic mass is 10.2. The van der Waals surface area contributed by atoms with Crippen LogP contribution in [0.1, 0.15) is 0 Å². The number of H-pyrrole nitrogens is 1. The molecular formula is C17H19N5O2. The summed E-state index contributed by atoms with van der Waals surface area (Å²) in [4.78, 5) is 11.5. The van der Waals surface area contributed by atoms with Crippen molar-refractivity contribution in [1.29, 1.82) is 0 Å². The highest BCUT2D eigenvalue weighted by atomic mass is 16.5. The largest absolute Gasteiger partial charge is 0.497 e. The Morgan fingerprint density at radius 1 is 1.00 bits per heavy atom. The van der Waals surface area contributed by atoms with Crippen LogP contribution in [-0.2, 0) is 0 Å². The molecule has 0 aliphatic carbocycles. The maximum atomic E-state index is 11.5. The molecule has 7 heteroatoms. The third kappa shape index (κ3) is 3.75. The zero-order chi connectivity index (χ0) is 16.8. The molecule has 2 aromatic carbocycles. The summed E-state index contributed by atoms with van der Waals surface area (Å²) in [6.45, 7) is 1.56. The van der Waals surface area contributed by atoms with Crippen molar-refractivity contribution in [1.82, 2.24) is 14.8 Å². The van der Waals surface area contributed by atoms with Crippen molar-refractivity contribution in [3.63, 3.8) is 0 Å². The van der Waals surface area contributed by atoms with E-state index >= 15 is 0 Å². The minimum atomic E-state index is -0.251. The topological polar surface area (TPSA) is 84.0 Å². The number of nitrogens with zero attached hydrogens (tertiary/aromatic N) is 2. The number of methoxy groups -OCH3 is 1. The number of benzene rings is 2. The Morgan fingerprint density at radius 2 is 1.58 bits per heavy atom. The smallest absolute Gasteiger partial charge is 0.347 e. The molecule has 7 nitrogen and oxygen atoms in total. The Bertz CT molecular complexity index is 821. The molecular weight excluding hydrogens is 306 g/mol. The van der Waals surface area contributed by atoms with Crippen LogP contribution in [0.3, 0.4) is 0 Å². The van der Waals surface area contributed by atoms with E-state index in [0.29, 0.717) is 0 Å². The standard InChI is InChI=1S/C17H19N5O2/c1-24-16-8-4-14(5-9-16)19-11-10-18-13-2-6-15(7-3-13)22-12-20-21-17(22)23/h2-9,12,18-19H,10-11H2,1H3,(H,21,23). The highest BCUT2D eigenvalue weighted by Gasteiger charge is 2.00. The van der Waals surface area contributed by atoms with Crippen LogP contribution in [0.25, 0.3) is 5.69 Å². The van der Waals surface area contributed by atoms with E-state index in [9.17, 15) is 4.79 Å². The lowest BCUT2D eigenvalue weighted by Crippen LogP contribution is -2.15. The predicted octanol–water partition coefficient (Wildman–Crippen LogP) is 2.09. The number of hydrogen-bond donors (Lipinski definition) is 3. The van der Waals surface area contributed by atoms with Crippen molar-refractivity contribution >= 4 is 11.4 Å². The van der Waals surface area contributed by atoms with E-state index in [-0.39, 0.29) is 5.69 Å². The van der Waals surface area contributed by atoms with Crippen LogP contribution in [0, 0.1) is 0 Å². The second-order valence-corrected chi connectivity index (χ2v) is 5.16. The summed E-state index contributed by atoms with van der Waals surface area (Å²) in [7, 11) is 1.65. The number of hydrogen-bond acceptors (Lipinski definition) is 5. The molecule has 0 radical (unpaired) electrons. The van der Waals surface area contributed by atoms with Gasteiger partial charge in [-0.2, -0.15) is 5.10 Å². The van der Waals surface area contributed by atoms with E-state index in [4.69, 9.17) is 4.74 Å². The van der Waals surface area contributed by atoms with E-state index in [2.05, 4.69) is 20.8 Å². The summed E-state index contributed by atoms with van der Waals surface area (Å²) >= 11 is 0. The van der Waals surface area contributed by atoms with Crippen LogP contribution in [0.5, 0.6) is 5.75 Å². The van der Waals surface area contributed by atoms with Gasteiger partial charge in [0, 0.05) is 24.5 Å². The van der Waals surface area contributed by atoms with Crippen LogP contribution in [0.4, 0.5) is 11.4 Å². The van der Waals surface area contributed by atoms with Gasteiger partial charge in [0.05, 0.1) is 12.8 Å². The van der Waals surface area contributed by atoms with Crippen LogP contribution in [0.2, 0.25) is 0 Å². The fraction of sp³-hybridized carbons (Fsp3) is 0.176. The van der Waals surface area contributed by atoms with Crippen LogP contribution in [0.15, 0.2) is 59.7 Å². The quantitative estimate of drug-likeness (QED) is 0.579. The second kappa shape index (κ2) is 7.36. The molecule has 0 fully saturated rings. The molecule has 3 N–H and O–H groups in total. The Morgan fingerprint density at radius 3 is 2.08 bits per heavy atom. The average Bonchev–Trinajstić information content (AvgIpc) is 3.06. The van der Waals surface area contributed by atoms with Gasteiger partial charge in [-0.25, -0.2) is 14.5 Å². The van der Waals surface area contributed by atoms with Gasteiger partial charge >= 0.3 is 5.69 Å². The maximum Gasteiger partial charge on any atom is 0.347 e. The highest BCUT2D eigenvalue weighted by Crippen LogP contribution is 2.15. The number of nitrogens with one attached hydrogen (secondary N) is 3. The molecule has 3 rings (SSSR count). The zero-order valence-corrected chi connectivity index (χ0v) is 13.3. The molecule has 0 aliphatic rings. The van der Waals surface area contributed by atoms with Gasteiger partial charge in [-0.15, -0.1) is 0 Å². The lowest BCUT2D eigenvalue weighted by Gasteiger charge is -2.10. The van der Waals surface area contributed by atoms with Gasteiger partial charge < -0.3 is 15.4 Å². The maximum absolute atomic E-state index is 11.5. The van der Waals surface area contributed by atoms with E-state index in [1.54, 1.807) is 7.11 Å². The van der Waals surface area contributed by atoms with Crippen molar-refractivity contribution < 1.29 is 4.74 Å². The SMILES string of the molecule is COc1ccc(NCCNc2ccc(-n3cn[nH]c3=O)cc2)cc1. The Hall–Kier alpha value is -3.22. The molecule has 1 aromatic heterocycles. The van der Waals surface area contributed by atoms with Gasteiger partial charge in [-0.3, -0.25) is 0 Å². The van der Waals surface area contributed by atoms with Crippen molar-refractivity contribution in [3.8, 4) is 11.4 Å². The number of aromatic amines is 1. The Labute approximate surface area is 139 Å². The molecule has 0 aliphatic heterocycles. The molecule has 0 unspecified atom stereocenters. The fourth-order valence-electron chi connectivity index (χ4n) is 2.29. The van der Waals surface area contributed by atoms with Crippen molar-refractivity contribution in [2.75, 3.05) is 30.8 Å². The van der Waals surface area contributed by atoms with Gasteiger partial charge in [0.25, 0.3) is 0 Å². The molecule has 0 saturated carbocycles. The Balaban J connectivity index is 1.48. The van der Waals surface area contributed by atoms with Gasteiger partial charge in [-0.1, -0.05) is 0 Å². The molecule has 1 heterocycles. The third-order valence-electron chi connectivity index (χ3n) is 3.57. The minimum Gasteiger partial charge on any atom is -0.497 e. The van der Waals surface area contributed by atoms with Gasteiger partial charge in [0.15, 0.2) is 0 Å². The summed E-state index contributed by atoms with van der Waals surface area (Å²) in [5.41, 5.74) is 2.56. The van der Waals surface area contributed by atoms with E-state index in [1.165, 1.54) is 10.9 Å². The van der Waals surface area contributed by atoms with Gasteiger partial charge in [0.1, 0.15) is 12.1 Å². The number of anilines is 2. The van der Waals surface area contributed by atoms with E-state index in [1.807, 2.05) is 48.5 Å². The zero-order valence-electron chi connectivity index (χ0n) is 13.3. The molecule has 0 atom stereocenters. The second-order valence-electron chi connectivity index (χ2n) is 5.16. The summed E-state index contributed by atoms with van der Waals surface area (Å²) in [5, 5.41) is 12.7. The van der Waals surface area contributed by atoms with Crippen LogP contribution >= 0.6 is 0 Å². The molecule has 0 spiro atoms. The van der Waals surface area contributed by atoms with Crippen molar-refractivity contribution in [2.24, 2.45) is 0 Å². The highest BCUT2D eigenvalue weighted by molar-refractivity contribution is 5.49. The molecule has 0 saturated heterocycles. The first kappa shape index (κ1) is 15.7. The van der Waals surface area contributed by atoms with Crippen LogP contribution < -0.4 is 21.1 Å². The van der Waals surface area contributed by atoms with Crippen molar-refractivity contribution in [3.05, 3.63) is 65.3 Å². The molecule has 0 amide bonds. The summed E-state index contributed by atoms with van der Waals surface area (Å²) in [6.07, 6.45) is 1.46. The van der Waals surface area contributed by atoms with Gasteiger partial charge in [0.2, 0.25) is 0 Å². The van der Waals surface area contributed by atoms with E-state index in [0.717, 1.165) is 35.9 Å². The molecule has 3 aromatic rings. The average molecular weight is 325 g/mol. The summed E-state index contributed by atoms with van der Waals surface area (Å²) in [5.74, 6) is 0.843. The number of aromatic nitrogens is 3. The number of ether oxygens (including phenoxy) is 1. The Kier molecular flexibility index (Phi) is 4.81. The third-order valence-corrected chi connectivity index (χ3v) is 3.57. The molecule has 24 heavy (non-hydrogen) atoms. The first-order chi connectivity index (χ1) is 11.8. The lowest BCUT2D eigenvalue weighted by molar-refractivity contribution is 0.415. The molecule has 0 bridgehead atoms. The van der Waals surface area contributed by atoms with E-state index < -0.39 is 0 Å². The summed E-state index contributed by atoms with van der Waals surface area (Å²) < 4.78 is 6.58. The normalized spacial score (nSPS) is 10.4. The van der Waals surface area contributed by atoms with Crippen molar-refractivity contribution in [2.45, 2.75) is 0 Å². The fourth-order valence-corrected chi connectivity index (χ4v) is 2.29. The minimum absolute atomic E-state index is 0.251. The van der Waals surface area contributed by atoms with Crippen LogP contribution in [-0.4, -0.2) is 35.0 Å². The summed E-state index contributed by atoms with van der Waals surface area (Å²) in [6, 6.07) is 15.4. The molecule has 124 valence electrons. The number of rotatable bonds is 7. The monoisotopic (exact) mass is 325 g/mol.